The number of nitrogens with zero attached hydrogens (tertiary/aromatic N) is 2. The molecule has 2 aromatic rings. The highest BCUT2D eigenvalue weighted by molar-refractivity contribution is 7.80. The lowest BCUT2D eigenvalue weighted by atomic mass is 9.89. The number of phosphoric acid groups is 1. The van der Waals surface area contributed by atoms with E-state index in [-0.39, 0.29) is 28.1 Å². The molecular formula is C30H36N3O8PS+2. The average molecular weight is 630 g/mol. The number of benzene rings is 3. The highest BCUT2D eigenvalue weighted by Crippen LogP contribution is 2.44. The number of fused-ring (bicyclic) bond motifs is 2. The molecule has 0 amide bonds. The summed E-state index contributed by atoms with van der Waals surface area (Å²) >= 11 is 5.71. The number of thiocarbonyl (C=S) groups is 1. The van der Waals surface area contributed by atoms with E-state index in [9.17, 15) is 29.0 Å². The maximum absolute atomic E-state index is 12.4. The molecule has 0 fully saturated rings. The van der Waals surface area contributed by atoms with Gasteiger partial charge in [0.25, 0.3) is 0 Å². The van der Waals surface area contributed by atoms with Gasteiger partial charge in [0.05, 0.1) is 53.9 Å². The summed E-state index contributed by atoms with van der Waals surface area (Å²) in [5.41, 5.74) is 1.68. The summed E-state index contributed by atoms with van der Waals surface area (Å²) in [6.07, 6.45) is 0. The Bertz CT molecular complexity index is 1770. The third-order valence-electron chi connectivity index (χ3n) is 7.05. The molecule has 0 radical (unpaired) electrons. The van der Waals surface area contributed by atoms with E-state index in [2.05, 4.69) is 40.6 Å². The Labute approximate surface area is 254 Å². The van der Waals surface area contributed by atoms with Gasteiger partial charge in [0.15, 0.2) is 5.43 Å². The number of quaternary nitrogens is 2. The van der Waals surface area contributed by atoms with Crippen molar-refractivity contribution in [1.29, 1.82) is 0 Å². The molecule has 0 spiro atoms. The van der Waals surface area contributed by atoms with Crippen LogP contribution in [0.5, 0.6) is 5.75 Å². The number of carboxylic acid groups (broad SMARTS) is 1. The maximum atomic E-state index is 12.4. The molecule has 4 rings (SSSR count). The number of phosphoric ester groups is 1. The molecule has 0 atom stereocenters. The van der Waals surface area contributed by atoms with Crippen LogP contribution in [0.2, 0.25) is 0 Å². The Morgan fingerprint density at radius 3 is 2.33 bits per heavy atom. The molecule has 4 N–H and O–H groups in total. The highest BCUT2D eigenvalue weighted by atomic mass is 32.1. The second kappa shape index (κ2) is 12.2. The standard InChI is InChI=1S/C30H34N3O8PS/c1-32(2,3)14-15-33(4,5)13-12-31-29(43)19-6-9-22(30(35)36)25(16-19)28-23-10-7-20(34)17-26(23)40-27-18-21(8-11-24(27)28)41-42(37,38)39/h6-11,16-18H,12-15H2,1-5H3,(H2-2,31,35,36,37,38,39,43)/p+2. The van der Waals surface area contributed by atoms with Gasteiger partial charge < -0.3 is 28.3 Å². The lowest BCUT2D eigenvalue weighted by molar-refractivity contribution is -0.936. The predicted octanol–water partition coefficient (Wildman–Crippen LogP) is 3.78. The lowest BCUT2D eigenvalue weighted by Crippen LogP contribution is -2.51. The number of carboxylic acids is 1. The Balaban J connectivity index is 1.76. The zero-order chi connectivity index (χ0) is 31.7. The number of hydrogen-bond donors (Lipinski definition) is 4. The van der Waals surface area contributed by atoms with Gasteiger partial charge in [0, 0.05) is 34.2 Å². The maximum Gasteiger partial charge on any atom is 0.524 e. The van der Waals surface area contributed by atoms with Crippen LogP contribution in [0.4, 0.5) is 0 Å². The van der Waals surface area contributed by atoms with Crippen molar-refractivity contribution in [2.75, 3.05) is 61.4 Å². The number of nitrogens with one attached hydrogen (secondary N) is 1. The Kier molecular flexibility index (Phi) is 9.13. The summed E-state index contributed by atoms with van der Waals surface area (Å²) in [5.74, 6) is -1.16. The van der Waals surface area contributed by atoms with Crippen molar-refractivity contribution >= 4 is 42.0 Å². The smallest absolute Gasteiger partial charge is 0.478 e. The highest BCUT2D eigenvalue weighted by Gasteiger charge is 2.25. The van der Waals surface area contributed by atoms with Gasteiger partial charge in [-0.25, -0.2) is 9.36 Å². The van der Waals surface area contributed by atoms with Gasteiger partial charge in [0.2, 0.25) is 0 Å². The molecule has 228 valence electrons. The fourth-order valence-corrected chi connectivity index (χ4v) is 5.29. The van der Waals surface area contributed by atoms with Crippen molar-refractivity contribution in [3.8, 4) is 28.2 Å². The van der Waals surface area contributed by atoms with E-state index in [1.165, 1.54) is 36.4 Å². The zero-order valence-corrected chi connectivity index (χ0v) is 26.4. The molecule has 0 saturated heterocycles. The van der Waals surface area contributed by atoms with Crippen molar-refractivity contribution in [1.82, 2.24) is 5.32 Å². The number of carbonyl (C=O) groups is 1. The van der Waals surface area contributed by atoms with Crippen molar-refractivity contribution in [2.45, 2.75) is 0 Å². The van der Waals surface area contributed by atoms with E-state index >= 15 is 0 Å². The second-order valence-corrected chi connectivity index (χ2v) is 13.7. The molecule has 2 aliphatic rings. The van der Waals surface area contributed by atoms with E-state index in [4.69, 9.17) is 21.2 Å². The minimum Gasteiger partial charge on any atom is -0.478 e. The molecule has 0 unspecified atom stereocenters. The largest absolute Gasteiger partial charge is 0.524 e. The fourth-order valence-electron chi connectivity index (χ4n) is 4.67. The van der Waals surface area contributed by atoms with Crippen LogP contribution in [0.15, 0.2) is 63.8 Å². The van der Waals surface area contributed by atoms with Crippen LogP contribution >= 0.6 is 20.0 Å². The van der Waals surface area contributed by atoms with Crippen molar-refractivity contribution < 1.29 is 42.2 Å². The van der Waals surface area contributed by atoms with Gasteiger partial charge in [-0.05, 0) is 42.0 Å². The summed E-state index contributed by atoms with van der Waals surface area (Å²) in [6, 6.07) is 13.2. The van der Waals surface area contributed by atoms with Crippen LogP contribution < -0.4 is 15.3 Å². The lowest BCUT2D eigenvalue weighted by Gasteiger charge is -2.33. The molecular weight excluding hydrogens is 593 g/mol. The quantitative estimate of drug-likeness (QED) is 0.0837. The van der Waals surface area contributed by atoms with Gasteiger partial charge in [-0.15, -0.1) is 0 Å². The Hall–Kier alpha value is -3.64. The molecule has 0 aromatic heterocycles. The minimum atomic E-state index is -4.85. The van der Waals surface area contributed by atoms with Gasteiger partial charge in [0.1, 0.15) is 35.2 Å². The average Bonchev–Trinajstić information content (AvgIpc) is 2.88. The molecule has 1 heterocycles. The van der Waals surface area contributed by atoms with Crippen LogP contribution in [0, 0.1) is 0 Å². The normalized spacial score (nSPS) is 12.4. The minimum absolute atomic E-state index is 0.000184. The zero-order valence-electron chi connectivity index (χ0n) is 24.7. The summed E-state index contributed by atoms with van der Waals surface area (Å²) in [6.45, 7) is 3.44. The predicted molar refractivity (Wildman–Crippen MR) is 169 cm³/mol. The first-order valence-corrected chi connectivity index (χ1v) is 15.4. The summed E-state index contributed by atoms with van der Waals surface area (Å²) in [5, 5.41) is 13.9. The Morgan fingerprint density at radius 1 is 0.953 bits per heavy atom. The van der Waals surface area contributed by atoms with Crippen molar-refractivity contribution in [2.24, 2.45) is 0 Å². The van der Waals surface area contributed by atoms with Crippen molar-refractivity contribution in [3.05, 3.63) is 75.9 Å². The Morgan fingerprint density at radius 2 is 1.67 bits per heavy atom. The van der Waals surface area contributed by atoms with E-state index in [0.717, 1.165) is 28.6 Å². The van der Waals surface area contributed by atoms with Crippen LogP contribution in [0.1, 0.15) is 15.9 Å². The SMILES string of the molecule is C[N+](C)(C)CC[N+](C)(C)CCNC(=S)c1ccc(C(=O)O)c(-c2c3ccc(=O)cc-3oc3cc(OP(=O)(O)O)ccc23)c1. The molecule has 2 aromatic carbocycles. The number of hydrogen-bond acceptors (Lipinski definition) is 6. The van der Waals surface area contributed by atoms with Gasteiger partial charge >= 0.3 is 13.8 Å². The van der Waals surface area contributed by atoms with Gasteiger partial charge in [-0.1, -0.05) is 18.3 Å². The molecule has 1 aliphatic heterocycles. The van der Waals surface area contributed by atoms with Crippen LogP contribution in [-0.4, -0.2) is 96.2 Å². The van der Waals surface area contributed by atoms with E-state index in [1.54, 1.807) is 18.2 Å². The van der Waals surface area contributed by atoms with E-state index in [1.807, 2.05) is 0 Å². The van der Waals surface area contributed by atoms with Crippen molar-refractivity contribution in [3.63, 3.8) is 0 Å². The second-order valence-electron chi connectivity index (χ2n) is 12.1. The van der Waals surface area contributed by atoms with Gasteiger partial charge in [-0.3, -0.25) is 14.6 Å². The van der Waals surface area contributed by atoms with Crippen LogP contribution in [0.3, 0.4) is 0 Å². The molecule has 0 saturated carbocycles. The summed E-state index contributed by atoms with van der Waals surface area (Å²) < 4.78 is 23.7. The fraction of sp³-hybridized carbons (Fsp3) is 0.300. The number of likely N-dealkylation sites (N-methyl/N-ethyl adjacent to an activating group) is 2. The van der Waals surface area contributed by atoms with Crippen LogP contribution in [-0.2, 0) is 4.57 Å². The number of aromatic carboxylic acids is 1. The number of rotatable bonds is 11. The summed E-state index contributed by atoms with van der Waals surface area (Å²) in [7, 11) is 5.96. The first-order chi connectivity index (χ1) is 19.9. The van der Waals surface area contributed by atoms with E-state index in [0.29, 0.717) is 39.2 Å². The van der Waals surface area contributed by atoms with Crippen LogP contribution in [0.25, 0.3) is 33.4 Å². The third-order valence-corrected chi connectivity index (χ3v) is 7.88. The van der Waals surface area contributed by atoms with E-state index < -0.39 is 13.8 Å². The third kappa shape index (κ3) is 8.26. The first-order valence-electron chi connectivity index (χ1n) is 13.5. The van der Waals surface area contributed by atoms with Gasteiger partial charge in [-0.2, -0.15) is 0 Å². The molecule has 43 heavy (non-hydrogen) atoms. The molecule has 1 aliphatic carbocycles. The molecule has 13 heteroatoms. The monoisotopic (exact) mass is 629 g/mol. The first kappa shape index (κ1) is 32.3. The topological polar surface area (TPSA) is 146 Å². The summed E-state index contributed by atoms with van der Waals surface area (Å²) in [4.78, 5) is 43.6. The molecule has 0 bridgehead atoms. The molecule has 11 nitrogen and oxygen atoms in total.